The number of rotatable bonds is 2. The highest BCUT2D eigenvalue weighted by molar-refractivity contribution is 7.51. The van der Waals surface area contributed by atoms with Gasteiger partial charge in [-0.3, -0.25) is 0 Å². The molecule has 0 fully saturated rings. The first-order chi connectivity index (χ1) is 5.59. The van der Waals surface area contributed by atoms with Crippen LogP contribution in [0.4, 0.5) is 5.82 Å². The van der Waals surface area contributed by atoms with E-state index in [9.17, 15) is 0 Å². The Labute approximate surface area is 82.0 Å². The second-order valence-electron chi connectivity index (χ2n) is 2.48. The van der Waals surface area contributed by atoms with Crippen LogP contribution in [-0.4, -0.2) is 23.4 Å². The number of hydrogen-bond acceptors (Lipinski definition) is 4. The molecule has 13 heavy (non-hydrogen) atoms. The number of anilines is 1. The summed E-state index contributed by atoms with van der Waals surface area (Å²) in [6.45, 7) is 3.89. The van der Waals surface area contributed by atoms with Crippen molar-refractivity contribution < 1.29 is 9.63 Å². The summed E-state index contributed by atoms with van der Waals surface area (Å²) in [6.07, 6.45) is 1.29. The van der Waals surface area contributed by atoms with Crippen LogP contribution < -0.4 is 10.3 Å². The predicted octanol–water partition coefficient (Wildman–Crippen LogP) is 1.46. The Hall–Kier alpha value is -0.590. The summed E-state index contributed by atoms with van der Waals surface area (Å²) in [7, 11) is -0.536. The molecule has 1 aromatic heterocycles. The molecule has 1 aromatic rings. The van der Waals surface area contributed by atoms with E-state index in [4.69, 9.17) is 15.4 Å². The summed E-state index contributed by atoms with van der Waals surface area (Å²) in [5.41, 5.74) is 5.50. The van der Waals surface area contributed by atoms with Gasteiger partial charge >= 0.3 is 0 Å². The van der Waals surface area contributed by atoms with Gasteiger partial charge in [0.2, 0.25) is 0 Å². The number of nitrogens with two attached hydrogens (primary N) is 1. The van der Waals surface area contributed by atoms with Gasteiger partial charge in [-0.1, -0.05) is 0 Å². The fourth-order valence-electron chi connectivity index (χ4n) is 0.715. The number of aromatic hydroxyl groups is 1. The van der Waals surface area contributed by atoms with Gasteiger partial charge in [0, 0.05) is 6.07 Å². The van der Waals surface area contributed by atoms with E-state index in [1.54, 1.807) is 0 Å². The van der Waals surface area contributed by atoms with E-state index in [1.807, 2.05) is 13.3 Å². The molecule has 0 bridgehead atoms. The SMILES string of the molecule is CP(C)Oc1cc(O)cnc1N.P. The molecule has 6 heteroatoms. The van der Waals surface area contributed by atoms with E-state index in [0.717, 1.165) is 0 Å². The molecule has 3 N–H and O–H groups in total. The van der Waals surface area contributed by atoms with E-state index in [-0.39, 0.29) is 15.6 Å². The van der Waals surface area contributed by atoms with E-state index >= 15 is 0 Å². The van der Waals surface area contributed by atoms with Gasteiger partial charge in [0.25, 0.3) is 0 Å². The third-order valence-corrected chi connectivity index (χ3v) is 1.71. The van der Waals surface area contributed by atoms with Crippen LogP contribution in [-0.2, 0) is 0 Å². The first kappa shape index (κ1) is 12.4. The highest BCUT2D eigenvalue weighted by Gasteiger charge is 2.04. The van der Waals surface area contributed by atoms with Gasteiger partial charge in [-0.25, -0.2) is 4.98 Å². The highest BCUT2D eigenvalue weighted by Crippen LogP contribution is 2.34. The Morgan fingerprint density at radius 3 is 2.69 bits per heavy atom. The number of hydrogen-bond donors (Lipinski definition) is 2. The fraction of sp³-hybridized carbons (Fsp3) is 0.286. The molecule has 0 saturated heterocycles. The highest BCUT2D eigenvalue weighted by atomic mass is 31.1. The van der Waals surface area contributed by atoms with Gasteiger partial charge < -0.3 is 15.4 Å². The summed E-state index contributed by atoms with van der Waals surface area (Å²) < 4.78 is 5.34. The summed E-state index contributed by atoms with van der Waals surface area (Å²) in [4.78, 5) is 3.74. The van der Waals surface area contributed by atoms with Crippen LogP contribution in [0.2, 0.25) is 0 Å². The Kier molecular flexibility index (Phi) is 4.97. The Morgan fingerprint density at radius 1 is 1.54 bits per heavy atom. The Bertz CT molecular complexity index is 281. The van der Waals surface area contributed by atoms with Gasteiger partial charge in [-0.05, 0) is 13.3 Å². The molecule has 1 rings (SSSR count). The van der Waals surface area contributed by atoms with Gasteiger partial charge in [-0.2, -0.15) is 9.90 Å². The third-order valence-electron chi connectivity index (χ3n) is 1.15. The van der Waals surface area contributed by atoms with Crippen molar-refractivity contribution >= 4 is 23.9 Å². The molecule has 0 aliphatic heterocycles. The van der Waals surface area contributed by atoms with Gasteiger partial charge in [0.1, 0.15) is 5.75 Å². The van der Waals surface area contributed by atoms with Gasteiger partial charge in [0.05, 0.1) is 14.3 Å². The van der Waals surface area contributed by atoms with Crippen molar-refractivity contribution in [1.82, 2.24) is 4.98 Å². The molecule has 0 amide bonds. The average Bonchev–Trinajstić information content (AvgIpc) is 1.96. The molecule has 0 saturated carbocycles. The van der Waals surface area contributed by atoms with Crippen LogP contribution in [0.1, 0.15) is 0 Å². The Morgan fingerprint density at radius 2 is 2.15 bits per heavy atom. The summed E-state index contributed by atoms with van der Waals surface area (Å²) in [6, 6.07) is 1.46. The summed E-state index contributed by atoms with van der Waals surface area (Å²) in [5, 5.41) is 9.06. The van der Waals surface area contributed by atoms with E-state index in [0.29, 0.717) is 11.6 Å². The number of nitrogens with zero attached hydrogens (tertiary/aromatic N) is 1. The zero-order chi connectivity index (χ0) is 9.14. The molecule has 1 unspecified atom stereocenters. The lowest BCUT2D eigenvalue weighted by Crippen LogP contribution is -1.94. The topological polar surface area (TPSA) is 68.4 Å². The van der Waals surface area contributed by atoms with Crippen molar-refractivity contribution in [3.8, 4) is 11.5 Å². The van der Waals surface area contributed by atoms with Crippen molar-refractivity contribution in [2.75, 3.05) is 19.1 Å². The van der Waals surface area contributed by atoms with Crippen LogP contribution >= 0.6 is 18.0 Å². The minimum Gasteiger partial charge on any atom is -0.506 e. The Balaban J connectivity index is 0.00000144. The molecule has 0 radical (unpaired) electrons. The smallest absolute Gasteiger partial charge is 0.168 e. The van der Waals surface area contributed by atoms with E-state index in [2.05, 4.69) is 4.98 Å². The molecule has 1 heterocycles. The van der Waals surface area contributed by atoms with E-state index < -0.39 is 8.15 Å². The van der Waals surface area contributed by atoms with Crippen LogP contribution in [0, 0.1) is 0 Å². The van der Waals surface area contributed by atoms with Crippen molar-refractivity contribution in [3.05, 3.63) is 12.3 Å². The predicted molar refractivity (Wildman–Crippen MR) is 60.8 cm³/mol. The molecule has 0 spiro atoms. The zero-order valence-electron chi connectivity index (χ0n) is 7.69. The lowest BCUT2D eigenvalue weighted by Gasteiger charge is -2.10. The second-order valence-corrected chi connectivity index (χ2v) is 4.29. The first-order valence-corrected chi connectivity index (χ1v) is 5.55. The third kappa shape index (κ3) is 3.75. The maximum Gasteiger partial charge on any atom is 0.168 e. The molecular formula is C7H14N2O2P2. The maximum absolute atomic E-state index is 9.06. The van der Waals surface area contributed by atoms with Crippen molar-refractivity contribution in [3.63, 3.8) is 0 Å². The first-order valence-electron chi connectivity index (χ1n) is 3.39. The van der Waals surface area contributed by atoms with Crippen LogP contribution in [0.5, 0.6) is 11.5 Å². The van der Waals surface area contributed by atoms with Crippen LogP contribution in [0.25, 0.3) is 0 Å². The van der Waals surface area contributed by atoms with Crippen molar-refractivity contribution in [1.29, 1.82) is 0 Å². The van der Waals surface area contributed by atoms with Crippen LogP contribution in [0.15, 0.2) is 12.3 Å². The molecular weight excluding hydrogens is 206 g/mol. The molecule has 0 aliphatic carbocycles. The van der Waals surface area contributed by atoms with Crippen LogP contribution in [0.3, 0.4) is 0 Å². The fourth-order valence-corrected chi connectivity index (χ4v) is 1.25. The monoisotopic (exact) mass is 220 g/mol. The van der Waals surface area contributed by atoms with Crippen molar-refractivity contribution in [2.45, 2.75) is 0 Å². The summed E-state index contributed by atoms with van der Waals surface area (Å²) in [5.74, 6) is 0.825. The molecule has 4 nitrogen and oxygen atoms in total. The standard InChI is InChI=1S/C7H11N2O2P.H3P/c1-12(2)11-6-3-5(10)4-9-7(6)8;/h3-4,10H,1-2H3,(H2,8,9);1H3. The van der Waals surface area contributed by atoms with Gasteiger partial charge in [-0.15, -0.1) is 0 Å². The number of pyridine rings is 1. The quantitative estimate of drug-likeness (QED) is 0.740. The lowest BCUT2D eigenvalue weighted by molar-refractivity contribution is 0.469. The molecule has 1 atom stereocenters. The van der Waals surface area contributed by atoms with Crippen molar-refractivity contribution in [2.24, 2.45) is 0 Å². The molecule has 74 valence electrons. The normalized spacial score (nSPS) is 9.46. The minimum atomic E-state index is -0.536. The molecule has 0 aromatic carbocycles. The largest absolute Gasteiger partial charge is 0.506 e. The summed E-state index contributed by atoms with van der Waals surface area (Å²) >= 11 is 0. The van der Waals surface area contributed by atoms with E-state index in [1.165, 1.54) is 12.3 Å². The minimum absolute atomic E-state index is 0. The lowest BCUT2D eigenvalue weighted by atomic mass is 10.4. The zero-order valence-corrected chi connectivity index (χ0v) is 10.00. The van der Waals surface area contributed by atoms with Gasteiger partial charge in [0.15, 0.2) is 11.6 Å². The molecule has 0 aliphatic rings. The average molecular weight is 220 g/mol. The number of nitrogen functional groups attached to an aromatic ring is 1. The number of aromatic nitrogens is 1. The second kappa shape index (κ2) is 5.21. The maximum atomic E-state index is 9.06.